The molecule has 2 aromatic rings. The van der Waals surface area contributed by atoms with Crippen molar-refractivity contribution in [3.05, 3.63) is 42.1 Å². The maximum Gasteiger partial charge on any atom is 0.270 e. The molecule has 1 heterocycles. The molecular weight excluding hydrogens is 176 g/mol. The monoisotopic (exact) mass is 182 g/mol. The normalized spacial score (nSPS) is 10.6. The lowest BCUT2D eigenvalue weighted by Crippen LogP contribution is -2.30. The Kier molecular flexibility index (Phi) is 1.62. The summed E-state index contributed by atoms with van der Waals surface area (Å²) >= 11 is 0. The van der Waals surface area contributed by atoms with Crippen molar-refractivity contribution in [2.24, 2.45) is 0 Å². The van der Waals surface area contributed by atoms with Gasteiger partial charge in [-0.25, -0.2) is 8.78 Å². The molecule has 0 aliphatic carbocycles. The van der Waals surface area contributed by atoms with Crippen molar-refractivity contribution in [1.82, 2.24) is 0 Å². The number of benzene rings is 1. The topological polar surface area (TPSA) is 24.1 Å². The number of halogens is 2. The number of aromatic nitrogens is 1. The van der Waals surface area contributed by atoms with Gasteiger partial charge in [0.2, 0.25) is 6.20 Å². The molecule has 0 radical (unpaired) electrons. The number of hydrogen-bond donors (Lipinski definition) is 1. The third-order valence-electron chi connectivity index (χ3n) is 1.81. The van der Waals surface area contributed by atoms with Crippen LogP contribution in [0, 0.1) is 11.6 Å². The first kappa shape index (κ1) is 7.91. The molecule has 66 valence electrons. The molecule has 0 saturated heterocycles. The van der Waals surface area contributed by atoms with Crippen LogP contribution in [0.4, 0.5) is 8.78 Å². The van der Waals surface area contributed by atoms with Gasteiger partial charge in [-0.05, 0) is 6.07 Å². The van der Waals surface area contributed by atoms with Crippen molar-refractivity contribution in [3.63, 3.8) is 0 Å². The maximum absolute atomic E-state index is 13.1. The van der Waals surface area contributed by atoms with E-state index in [2.05, 4.69) is 0 Å². The van der Waals surface area contributed by atoms with Gasteiger partial charge in [0.25, 0.3) is 5.52 Å². The van der Waals surface area contributed by atoms with E-state index in [1.165, 1.54) is 18.3 Å². The fourth-order valence-corrected chi connectivity index (χ4v) is 1.23. The smallest absolute Gasteiger partial charge is 0.270 e. The van der Waals surface area contributed by atoms with Gasteiger partial charge in [-0.15, -0.1) is 0 Å². The summed E-state index contributed by atoms with van der Waals surface area (Å²) in [6.07, 6.45) is 1.31. The summed E-state index contributed by atoms with van der Waals surface area (Å²) in [6, 6.07) is 4.79. The van der Waals surface area contributed by atoms with Crippen molar-refractivity contribution in [3.8, 4) is 0 Å². The second-order valence-electron chi connectivity index (χ2n) is 2.67. The molecule has 2 nitrogen and oxygen atoms in total. The summed E-state index contributed by atoms with van der Waals surface area (Å²) in [5.74, 6) is -1.39. The molecule has 0 aliphatic heterocycles. The summed E-state index contributed by atoms with van der Waals surface area (Å²) in [6.45, 7) is 0. The van der Waals surface area contributed by atoms with E-state index in [4.69, 9.17) is 0 Å². The second kappa shape index (κ2) is 2.65. The van der Waals surface area contributed by atoms with E-state index in [9.17, 15) is 14.0 Å². The van der Waals surface area contributed by atoms with Crippen LogP contribution >= 0.6 is 0 Å². The zero-order valence-electron chi connectivity index (χ0n) is 6.54. The highest BCUT2D eigenvalue weighted by molar-refractivity contribution is 5.75. The van der Waals surface area contributed by atoms with Crippen LogP contribution in [0.2, 0.25) is 0 Å². The van der Waals surface area contributed by atoms with E-state index in [0.29, 0.717) is 4.73 Å². The summed E-state index contributed by atoms with van der Waals surface area (Å²) < 4.78 is 26.5. The van der Waals surface area contributed by atoms with Crippen LogP contribution in [0.5, 0.6) is 0 Å². The lowest BCUT2D eigenvalue weighted by Gasteiger charge is -1.95. The van der Waals surface area contributed by atoms with Gasteiger partial charge in [-0.3, -0.25) is 5.21 Å². The van der Waals surface area contributed by atoms with Crippen LogP contribution in [-0.2, 0) is 0 Å². The molecule has 4 heteroatoms. The SMILES string of the molecule is O[n+]1cccc2c(F)cc(F)cc21. The summed E-state index contributed by atoms with van der Waals surface area (Å²) in [7, 11) is 0. The van der Waals surface area contributed by atoms with E-state index in [1.807, 2.05) is 0 Å². The lowest BCUT2D eigenvalue weighted by molar-refractivity contribution is -0.884. The van der Waals surface area contributed by atoms with E-state index in [1.54, 1.807) is 0 Å². The van der Waals surface area contributed by atoms with Gasteiger partial charge in [0.15, 0.2) is 0 Å². The van der Waals surface area contributed by atoms with E-state index < -0.39 is 11.6 Å². The van der Waals surface area contributed by atoms with Crippen LogP contribution in [0.3, 0.4) is 0 Å². The number of fused-ring (bicyclic) bond motifs is 1. The Hall–Kier alpha value is -1.71. The van der Waals surface area contributed by atoms with Crippen LogP contribution in [0.25, 0.3) is 10.9 Å². The van der Waals surface area contributed by atoms with Crippen molar-refractivity contribution >= 4 is 10.9 Å². The highest BCUT2D eigenvalue weighted by Crippen LogP contribution is 2.15. The highest BCUT2D eigenvalue weighted by Gasteiger charge is 2.12. The molecule has 2 rings (SSSR count). The van der Waals surface area contributed by atoms with Crippen LogP contribution in [-0.4, -0.2) is 5.21 Å². The minimum absolute atomic E-state index is 0.111. The number of hydrogen-bond acceptors (Lipinski definition) is 1. The van der Waals surface area contributed by atoms with Crippen molar-refractivity contribution < 1.29 is 18.7 Å². The van der Waals surface area contributed by atoms with E-state index >= 15 is 0 Å². The molecule has 0 fully saturated rings. The minimum atomic E-state index is -0.709. The fourth-order valence-electron chi connectivity index (χ4n) is 1.23. The number of nitrogens with zero attached hydrogens (tertiary/aromatic N) is 1. The van der Waals surface area contributed by atoms with Crippen molar-refractivity contribution in [2.75, 3.05) is 0 Å². The first-order valence-corrected chi connectivity index (χ1v) is 3.67. The Labute approximate surface area is 72.6 Å². The molecule has 0 spiro atoms. The number of rotatable bonds is 0. The summed E-state index contributed by atoms with van der Waals surface area (Å²) in [4.78, 5) is 0. The standard InChI is InChI=1S/C9H6F2NO/c10-6-4-8(11)7-2-1-3-12(13)9(7)5-6/h1-5,13H/q+1. The predicted octanol–water partition coefficient (Wildman–Crippen LogP) is 1.64. The second-order valence-corrected chi connectivity index (χ2v) is 2.67. The maximum atomic E-state index is 13.1. The van der Waals surface area contributed by atoms with Crippen LogP contribution in [0.1, 0.15) is 0 Å². The molecule has 1 N–H and O–H groups in total. The Morgan fingerprint density at radius 2 is 2.00 bits per heavy atom. The Balaban J connectivity index is 2.94. The minimum Gasteiger partial charge on any atom is -0.285 e. The molecule has 0 saturated carbocycles. The first-order chi connectivity index (χ1) is 6.18. The quantitative estimate of drug-likeness (QED) is 0.486. The van der Waals surface area contributed by atoms with Crippen LogP contribution < -0.4 is 4.73 Å². The molecule has 1 aromatic heterocycles. The van der Waals surface area contributed by atoms with E-state index in [0.717, 1.165) is 12.1 Å². The van der Waals surface area contributed by atoms with Gasteiger partial charge in [-0.2, -0.15) is 0 Å². The van der Waals surface area contributed by atoms with Gasteiger partial charge >= 0.3 is 0 Å². The molecule has 0 amide bonds. The molecule has 1 aromatic carbocycles. The third-order valence-corrected chi connectivity index (χ3v) is 1.81. The average molecular weight is 182 g/mol. The molecule has 0 bridgehead atoms. The van der Waals surface area contributed by atoms with Crippen molar-refractivity contribution in [2.45, 2.75) is 0 Å². The Bertz CT molecular complexity index is 470. The average Bonchev–Trinajstić information content (AvgIpc) is 2.07. The van der Waals surface area contributed by atoms with Gasteiger partial charge in [0.05, 0.1) is 11.5 Å². The zero-order chi connectivity index (χ0) is 9.42. The van der Waals surface area contributed by atoms with Gasteiger partial charge in [-0.1, -0.05) is 0 Å². The Morgan fingerprint density at radius 1 is 1.23 bits per heavy atom. The molecular formula is C9H6F2NO+. The molecule has 0 unspecified atom stereocenters. The molecule has 0 atom stereocenters. The van der Waals surface area contributed by atoms with Crippen LogP contribution in [0.15, 0.2) is 30.5 Å². The highest BCUT2D eigenvalue weighted by atomic mass is 19.1. The van der Waals surface area contributed by atoms with Gasteiger partial charge in [0, 0.05) is 16.9 Å². The largest absolute Gasteiger partial charge is 0.285 e. The third kappa shape index (κ3) is 1.20. The predicted molar refractivity (Wildman–Crippen MR) is 41.2 cm³/mol. The van der Waals surface area contributed by atoms with E-state index in [-0.39, 0.29) is 10.9 Å². The molecule has 0 aliphatic rings. The zero-order valence-corrected chi connectivity index (χ0v) is 6.54. The Morgan fingerprint density at radius 3 is 2.77 bits per heavy atom. The summed E-state index contributed by atoms with van der Waals surface area (Å²) in [5, 5.41) is 9.39. The summed E-state index contributed by atoms with van der Waals surface area (Å²) in [5.41, 5.74) is 0.111. The fraction of sp³-hybridized carbons (Fsp3) is 0. The lowest BCUT2D eigenvalue weighted by atomic mass is 10.2. The molecule has 13 heavy (non-hydrogen) atoms. The first-order valence-electron chi connectivity index (χ1n) is 3.67. The van der Waals surface area contributed by atoms with Gasteiger partial charge in [0.1, 0.15) is 11.6 Å². The number of pyridine rings is 1. The van der Waals surface area contributed by atoms with Gasteiger partial charge < -0.3 is 0 Å². The van der Waals surface area contributed by atoms with Crippen molar-refractivity contribution in [1.29, 1.82) is 0 Å².